The molecular formula is C15H22FNO. The number of likely N-dealkylation sites (tertiary alicyclic amines) is 1. The number of hydrogen-bond donors (Lipinski definition) is 0. The zero-order valence-electron chi connectivity index (χ0n) is 11.1. The van der Waals surface area contributed by atoms with Crippen LogP contribution in [0.25, 0.3) is 0 Å². The minimum absolute atomic E-state index is 0.152. The van der Waals surface area contributed by atoms with Gasteiger partial charge in [-0.3, -0.25) is 4.90 Å². The van der Waals surface area contributed by atoms with E-state index in [2.05, 4.69) is 4.90 Å². The number of ether oxygens (including phenoxy) is 1. The Morgan fingerprint density at radius 1 is 1.28 bits per heavy atom. The summed E-state index contributed by atoms with van der Waals surface area (Å²) in [6.07, 6.45) is 4.78. The summed E-state index contributed by atoms with van der Waals surface area (Å²) < 4.78 is 18.1. The molecule has 2 nitrogen and oxygen atoms in total. The van der Waals surface area contributed by atoms with Crippen LogP contribution in [-0.4, -0.2) is 31.7 Å². The molecule has 2 rings (SSSR count). The van der Waals surface area contributed by atoms with Crippen LogP contribution in [0, 0.1) is 5.82 Å². The molecular weight excluding hydrogens is 229 g/mol. The lowest BCUT2D eigenvalue weighted by Gasteiger charge is -2.36. The maximum Gasteiger partial charge on any atom is 0.123 e. The minimum Gasteiger partial charge on any atom is -0.385 e. The molecule has 1 aliphatic heterocycles. The van der Waals surface area contributed by atoms with Crippen LogP contribution in [0.15, 0.2) is 24.3 Å². The lowest BCUT2D eigenvalue weighted by atomic mass is 9.95. The Balaban J connectivity index is 2.00. The first-order valence-corrected chi connectivity index (χ1v) is 6.79. The largest absolute Gasteiger partial charge is 0.385 e. The van der Waals surface area contributed by atoms with Crippen molar-refractivity contribution in [3.63, 3.8) is 0 Å². The molecule has 1 unspecified atom stereocenters. The van der Waals surface area contributed by atoms with E-state index in [1.165, 1.54) is 24.8 Å². The van der Waals surface area contributed by atoms with Crippen LogP contribution in [0.2, 0.25) is 0 Å². The van der Waals surface area contributed by atoms with E-state index in [0.717, 1.165) is 26.1 Å². The molecule has 18 heavy (non-hydrogen) atoms. The van der Waals surface area contributed by atoms with Crippen LogP contribution in [0.4, 0.5) is 4.39 Å². The normalized spacial score (nSPS) is 21.1. The van der Waals surface area contributed by atoms with E-state index in [4.69, 9.17) is 4.74 Å². The van der Waals surface area contributed by atoms with Crippen LogP contribution in [-0.2, 0) is 4.74 Å². The van der Waals surface area contributed by atoms with Gasteiger partial charge in [0.15, 0.2) is 0 Å². The Bertz CT molecular complexity index is 352. The molecule has 3 heteroatoms. The van der Waals surface area contributed by atoms with E-state index >= 15 is 0 Å². The number of hydrogen-bond acceptors (Lipinski definition) is 2. The predicted molar refractivity (Wildman–Crippen MR) is 71.1 cm³/mol. The summed E-state index contributed by atoms with van der Waals surface area (Å²) in [6, 6.07) is 7.44. The second-order valence-electron chi connectivity index (χ2n) is 4.95. The van der Waals surface area contributed by atoms with Gasteiger partial charge in [-0.15, -0.1) is 0 Å². The minimum atomic E-state index is -0.152. The maximum atomic E-state index is 13.0. The third-order valence-corrected chi connectivity index (χ3v) is 3.66. The first kappa shape index (κ1) is 13.5. The Labute approximate surface area is 109 Å². The highest BCUT2D eigenvalue weighted by molar-refractivity contribution is 5.20. The summed E-state index contributed by atoms with van der Waals surface area (Å²) in [5.41, 5.74) is 1.24. The first-order valence-electron chi connectivity index (χ1n) is 6.79. The Morgan fingerprint density at radius 2 is 2.06 bits per heavy atom. The molecule has 1 atom stereocenters. The number of benzene rings is 1. The Hall–Kier alpha value is -0.930. The van der Waals surface area contributed by atoms with E-state index in [9.17, 15) is 4.39 Å². The van der Waals surface area contributed by atoms with Gasteiger partial charge < -0.3 is 4.74 Å². The molecule has 1 aromatic carbocycles. The topological polar surface area (TPSA) is 12.5 Å². The highest BCUT2D eigenvalue weighted by atomic mass is 19.1. The van der Waals surface area contributed by atoms with Crippen molar-refractivity contribution in [2.45, 2.75) is 31.7 Å². The van der Waals surface area contributed by atoms with Crippen molar-refractivity contribution in [3.05, 3.63) is 35.6 Å². The van der Waals surface area contributed by atoms with Crippen LogP contribution >= 0.6 is 0 Å². The van der Waals surface area contributed by atoms with Crippen molar-refractivity contribution in [1.29, 1.82) is 0 Å². The second kappa shape index (κ2) is 6.86. The molecule has 0 aliphatic carbocycles. The van der Waals surface area contributed by atoms with Crippen molar-refractivity contribution in [2.24, 2.45) is 0 Å². The molecule has 1 fully saturated rings. The molecule has 0 radical (unpaired) electrons. The Morgan fingerprint density at radius 3 is 2.78 bits per heavy atom. The summed E-state index contributed by atoms with van der Waals surface area (Å²) in [7, 11) is 1.74. The molecule has 0 amide bonds. The van der Waals surface area contributed by atoms with Gasteiger partial charge in [-0.1, -0.05) is 18.6 Å². The standard InChI is InChI=1S/C15H22FNO/c1-18-12-4-11-17-10-3-2-5-15(17)13-6-8-14(16)9-7-13/h6-9,15H,2-5,10-12H2,1H3. The fraction of sp³-hybridized carbons (Fsp3) is 0.600. The van der Waals surface area contributed by atoms with Crippen molar-refractivity contribution in [2.75, 3.05) is 26.8 Å². The molecule has 1 aromatic rings. The van der Waals surface area contributed by atoms with E-state index in [-0.39, 0.29) is 5.82 Å². The van der Waals surface area contributed by atoms with E-state index in [1.807, 2.05) is 12.1 Å². The second-order valence-corrected chi connectivity index (χ2v) is 4.95. The number of piperidine rings is 1. The van der Waals surface area contributed by atoms with Gasteiger partial charge in [0, 0.05) is 26.3 Å². The van der Waals surface area contributed by atoms with Gasteiger partial charge in [-0.05, 0) is 43.5 Å². The van der Waals surface area contributed by atoms with Gasteiger partial charge in [-0.25, -0.2) is 4.39 Å². The molecule has 1 heterocycles. The molecule has 0 spiro atoms. The first-order chi connectivity index (χ1) is 8.81. The van der Waals surface area contributed by atoms with Crippen molar-refractivity contribution in [3.8, 4) is 0 Å². The molecule has 1 saturated heterocycles. The number of methoxy groups -OCH3 is 1. The molecule has 0 N–H and O–H groups in total. The molecule has 100 valence electrons. The maximum absolute atomic E-state index is 13.0. The number of nitrogens with zero attached hydrogens (tertiary/aromatic N) is 1. The highest BCUT2D eigenvalue weighted by Gasteiger charge is 2.23. The van der Waals surface area contributed by atoms with Crippen LogP contribution < -0.4 is 0 Å². The zero-order chi connectivity index (χ0) is 12.8. The lowest BCUT2D eigenvalue weighted by Crippen LogP contribution is -2.34. The van der Waals surface area contributed by atoms with Crippen molar-refractivity contribution >= 4 is 0 Å². The van der Waals surface area contributed by atoms with Crippen molar-refractivity contribution < 1.29 is 9.13 Å². The smallest absolute Gasteiger partial charge is 0.123 e. The SMILES string of the molecule is COCCCN1CCCCC1c1ccc(F)cc1. The van der Waals surface area contributed by atoms with Crippen LogP contribution in [0.3, 0.4) is 0 Å². The summed E-state index contributed by atoms with van der Waals surface area (Å²) in [5, 5.41) is 0. The van der Waals surface area contributed by atoms with Crippen molar-refractivity contribution in [1.82, 2.24) is 4.90 Å². The third kappa shape index (κ3) is 3.53. The van der Waals surface area contributed by atoms with E-state index < -0.39 is 0 Å². The molecule has 0 bridgehead atoms. The van der Waals surface area contributed by atoms with Crippen LogP contribution in [0.5, 0.6) is 0 Å². The average molecular weight is 251 g/mol. The fourth-order valence-electron chi connectivity index (χ4n) is 2.73. The van der Waals surface area contributed by atoms with E-state index in [1.54, 1.807) is 19.2 Å². The number of halogens is 1. The molecule has 0 saturated carbocycles. The van der Waals surface area contributed by atoms with E-state index in [0.29, 0.717) is 6.04 Å². The Kier molecular flexibility index (Phi) is 5.14. The quantitative estimate of drug-likeness (QED) is 0.744. The zero-order valence-corrected chi connectivity index (χ0v) is 11.1. The summed E-state index contributed by atoms with van der Waals surface area (Å²) >= 11 is 0. The fourth-order valence-corrected chi connectivity index (χ4v) is 2.73. The van der Waals surface area contributed by atoms with Crippen LogP contribution in [0.1, 0.15) is 37.3 Å². The predicted octanol–water partition coefficient (Wildman–Crippen LogP) is 3.39. The van der Waals surface area contributed by atoms with Gasteiger partial charge >= 0.3 is 0 Å². The van der Waals surface area contributed by atoms with Gasteiger partial charge in [0.25, 0.3) is 0 Å². The van der Waals surface area contributed by atoms with Gasteiger partial charge in [0.05, 0.1) is 0 Å². The monoisotopic (exact) mass is 251 g/mol. The summed E-state index contributed by atoms with van der Waals surface area (Å²) in [4.78, 5) is 2.51. The van der Waals surface area contributed by atoms with Gasteiger partial charge in [-0.2, -0.15) is 0 Å². The average Bonchev–Trinajstić information content (AvgIpc) is 2.41. The molecule has 0 aromatic heterocycles. The lowest BCUT2D eigenvalue weighted by molar-refractivity contribution is 0.122. The van der Waals surface area contributed by atoms with Gasteiger partial charge in [0.1, 0.15) is 5.82 Å². The summed E-state index contributed by atoms with van der Waals surface area (Å²) in [5.74, 6) is -0.152. The molecule has 1 aliphatic rings. The number of rotatable bonds is 5. The summed E-state index contributed by atoms with van der Waals surface area (Å²) in [6.45, 7) is 3.02. The third-order valence-electron chi connectivity index (χ3n) is 3.66. The highest BCUT2D eigenvalue weighted by Crippen LogP contribution is 2.30. The van der Waals surface area contributed by atoms with Gasteiger partial charge in [0.2, 0.25) is 0 Å².